The molecule has 0 saturated carbocycles. The summed E-state index contributed by atoms with van der Waals surface area (Å²) in [6.07, 6.45) is 1.65. The van der Waals surface area contributed by atoms with E-state index < -0.39 is 10.8 Å². The number of rotatable bonds is 4. The molecule has 0 spiro atoms. The molecule has 0 saturated heterocycles. The van der Waals surface area contributed by atoms with Gasteiger partial charge in [0.25, 0.3) is 17.5 Å². The van der Waals surface area contributed by atoms with E-state index in [1.165, 1.54) is 17.4 Å². The first kappa shape index (κ1) is 19.8. The van der Waals surface area contributed by atoms with E-state index >= 15 is 0 Å². The number of hydrogen-bond acceptors (Lipinski definition) is 5. The van der Waals surface area contributed by atoms with Gasteiger partial charge in [0.15, 0.2) is 0 Å². The van der Waals surface area contributed by atoms with Gasteiger partial charge in [-0.15, -0.1) is 11.3 Å². The predicted molar refractivity (Wildman–Crippen MR) is 117 cm³/mol. The molecule has 1 aliphatic rings. The maximum Gasteiger partial charge on any atom is 0.273 e. The molecule has 0 radical (unpaired) electrons. The second-order valence-electron chi connectivity index (χ2n) is 7.09. The number of carbonyl (C=O) groups excluding carboxylic acids is 2. The number of amides is 2. The van der Waals surface area contributed by atoms with Gasteiger partial charge < -0.3 is 10.2 Å². The van der Waals surface area contributed by atoms with Gasteiger partial charge in [-0.25, -0.2) is 0 Å². The molecular weight excluding hydrogens is 402 g/mol. The molecule has 1 aliphatic heterocycles. The second-order valence-corrected chi connectivity index (χ2v) is 8.04. The van der Waals surface area contributed by atoms with Crippen LogP contribution in [0.4, 0.5) is 17.1 Å². The van der Waals surface area contributed by atoms with Crippen LogP contribution >= 0.6 is 11.3 Å². The number of thiophene rings is 1. The van der Waals surface area contributed by atoms with Gasteiger partial charge in [0, 0.05) is 35.1 Å². The number of hydrogen-bond donors (Lipinski definition) is 1. The Morgan fingerprint density at radius 3 is 2.73 bits per heavy atom. The van der Waals surface area contributed by atoms with Crippen LogP contribution in [-0.4, -0.2) is 23.3 Å². The fraction of sp³-hybridized carbons (Fsp3) is 0.182. The van der Waals surface area contributed by atoms with E-state index in [0.717, 1.165) is 24.1 Å². The van der Waals surface area contributed by atoms with Gasteiger partial charge >= 0.3 is 0 Å². The van der Waals surface area contributed by atoms with Crippen molar-refractivity contribution in [2.75, 3.05) is 16.8 Å². The van der Waals surface area contributed by atoms with Crippen molar-refractivity contribution in [3.05, 3.63) is 85.6 Å². The molecule has 30 heavy (non-hydrogen) atoms. The fourth-order valence-electron chi connectivity index (χ4n) is 3.57. The minimum absolute atomic E-state index is 0.0188. The van der Waals surface area contributed by atoms with Crippen LogP contribution in [0.15, 0.2) is 53.9 Å². The van der Waals surface area contributed by atoms with Crippen molar-refractivity contribution in [1.82, 2.24) is 0 Å². The molecule has 7 nitrogen and oxygen atoms in total. The molecule has 2 amide bonds. The minimum atomic E-state index is -0.496. The van der Waals surface area contributed by atoms with Crippen molar-refractivity contribution in [1.29, 1.82) is 0 Å². The van der Waals surface area contributed by atoms with E-state index in [0.29, 0.717) is 22.7 Å². The van der Waals surface area contributed by atoms with E-state index in [1.54, 1.807) is 30.0 Å². The number of nitrogens with zero attached hydrogens (tertiary/aromatic N) is 2. The lowest BCUT2D eigenvalue weighted by Gasteiger charge is -2.29. The summed E-state index contributed by atoms with van der Waals surface area (Å²) in [7, 11) is 0. The Kier molecular flexibility index (Phi) is 5.33. The number of anilines is 2. The summed E-state index contributed by atoms with van der Waals surface area (Å²) in [5.41, 5.74) is 3.06. The van der Waals surface area contributed by atoms with Crippen LogP contribution in [0.2, 0.25) is 0 Å². The third-order valence-corrected chi connectivity index (χ3v) is 5.96. The van der Waals surface area contributed by atoms with Crippen molar-refractivity contribution in [3.8, 4) is 0 Å². The van der Waals surface area contributed by atoms with E-state index in [2.05, 4.69) is 5.32 Å². The Bertz CT molecular complexity index is 1140. The Morgan fingerprint density at radius 1 is 1.17 bits per heavy atom. The van der Waals surface area contributed by atoms with Crippen molar-refractivity contribution < 1.29 is 14.5 Å². The van der Waals surface area contributed by atoms with Gasteiger partial charge in [-0.05, 0) is 61.0 Å². The van der Waals surface area contributed by atoms with Crippen LogP contribution in [0.25, 0.3) is 0 Å². The average molecular weight is 421 g/mol. The molecule has 0 unspecified atom stereocenters. The number of fused-ring (bicyclic) bond motifs is 1. The largest absolute Gasteiger partial charge is 0.322 e. The number of carbonyl (C=O) groups is 2. The van der Waals surface area contributed by atoms with Crippen molar-refractivity contribution in [3.63, 3.8) is 0 Å². The van der Waals surface area contributed by atoms with E-state index in [1.807, 2.05) is 29.6 Å². The molecule has 0 bridgehead atoms. The van der Waals surface area contributed by atoms with Gasteiger partial charge in [0.1, 0.15) is 0 Å². The SMILES string of the molecule is Cc1ccc(C(=O)Nc2ccc3c(c2)CCCN3C(=O)c2cccs2)cc1[N+](=O)[O-]. The molecule has 3 aromatic rings. The van der Waals surface area contributed by atoms with E-state index in [4.69, 9.17) is 0 Å². The lowest BCUT2D eigenvalue weighted by molar-refractivity contribution is -0.385. The molecule has 8 heteroatoms. The lowest BCUT2D eigenvalue weighted by Crippen LogP contribution is -2.35. The summed E-state index contributed by atoms with van der Waals surface area (Å²) in [6.45, 7) is 2.29. The first-order valence-electron chi connectivity index (χ1n) is 9.49. The normalized spacial score (nSPS) is 12.9. The zero-order chi connectivity index (χ0) is 21.3. The number of benzene rings is 2. The molecule has 4 rings (SSSR count). The second kappa shape index (κ2) is 8.08. The van der Waals surface area contributed by atoms with Gasteiger partial charge in [-0.1, -0.05) is 12.1 Å². The summed E-state index contributed by atoms with van der Waals surface area (Å²) in [5, 5.41) is 15.8. The third kappa shape index (κ3) is 3.81. The quantitative estimate of drug-likeness (QED) is 0.483. The highest BCUT2D eigenvalue weighted by Gasteiger charge is 2.24. The van der Waals surface area contributed by atoms with Crippen molar-refractivity contribution >= 4 is 40.2 Å². The van der Waals surface area contributed by atoms with Crippen LogP contribution in [0.3, 0.4) is 0 Å². The fourth-order valence-corrected chi connectivity index (χ4v) is 4.24. The Labute approximate surface area is 177 Å². The Hall–Kier alpha value is -3.52. The number of nitrogens with one attached hydrogen (secondary N) is 1. The maximum atomic E-state index is 12.8. The molecule has 1 aromatic heterocycles. The molecule has 152 valence electrons. The predicted octanol–water partition coefficient (Wildman–Crippen LogP) is 4.81. The topological polar surface area (TPSA) is 92.6 Å². The Balaban J connectivity index is 1.56. The molecule has 1 N–H and O–H groups in total. The molecule has 0 fully saturated rings. The standard InChI is InChI=1S/C22H19N3O4S/c1-14-6-7-16(13-19(14)25(28)29)21(26)23-17-8-9-18-15(12-17)4-2-10-24(18)22(27)20-5-3-11-30-20/h3,5-9,11-13H,2,4,10H2,1H3,(H,23,26). The van der Waals surface area contributed by atoms with Gasteiger partial charge in [-0.2, -0.15) is 0 Å². The van der Waals surface area contributed by atoms with E-state index in [-0.39, 0.29) is 17.2 Å². The van der Waals surface area contributed by atoms with Crippen LogP contribution in [0.1, 0.15) is 37.6 Å². The smallest absolute Gasteiger partial charge is 0.273 e. The minimum Gasteiger partial charge on any atom is -0.322 e. The summed E-state index contributed by atoms with van der Waals surface area (Å²) in [6, 6.07) is 13.5. The van der Waals surface area contributed by atoms with Gasteiger partial charge in [0.2, 0.25) is 0 Å². The lowest BCUT2D eigenvalue weighted by atomic mass is 10.0. The van der Waals surface area contributed by atoms with Crippen molar-refractivity contribution in [2.24, 2.45) is 0 Å². The number of nitro groups is 1. The first-order chi connectivity index (χ1) is 14.4. The highest BCUT2D eigenvalue weighted by atomic mass is 32.1. The van der Waals surface area contributed by atoms with Gasteiger partial charge in [-0.3, -0.25) is 19.7 Å². The Morgan fingerprint density at radius 2 is 2.00 bits per heavy atom. The monoisotopic (exact) mass is 421 g/mol. The van der Waals surface area contributed by atoms with Gasteiger partial charge in [0.05, 0.1) is 9.80 Å². The van der Waals surface area contributed by atoms with Crippen LogP contribution in [-0.2, 0) is 6.42 Å². The average Bonchev–Trinajstić information content (AvgIpc) is 3.27. The molecule has 2 heterocycles. The molecule has 0 atom stereocenters. The highest BCUT2D eigenvalue weighted by Crippen LogP contribution is 2.31. The van der Waals surface area contributed by atoms with Crippen LogP contribution < -0.4 is 10.2 Å². The molecule has 0 aliphatic carbocycles. The van der Waals surface area contributed by atoms with Crippen molar-refractivity contribution in [2.45, 2.75) is 19.8 Å². The van der Waals surface area contributed by atoms with E-state index in [9.17, 15) is 19.7 Å². The summed E-state index contributed by atoms with van der Waals surface area (Å²) < 4.78 is 0. The van der Waals surface area contributed by atoms with Crippen LogP contribution in [0.5, 0.6) is 0 Å². The number of aryl methyl sites for hydroxylation is 2. The molecule has 2 aromatic carbocycles. The summed E-state index contributed by atoms with van der Waals surface area (Å²) in [4.78, 5) is 38.5. The third-order valence-electron chi connectivity index (χ3n) is 5.10. The maximum absolute atomic E-state index is 12.8. The summed E-state index contributed by atoms with van der Waals surface area (Å²) in [5.74, 6) is -0.435. The zero-order valence-corrected chi connectivity index (χ0v) is 17.1. The van der Waals surface area contributed by atoms with Crippen LogP contribution in [0, 0.1) is 17.0 Å². The first-order valence-corrected chi connectivity index (χ1v) is 10.4. The highest BCUT2D eigenvalue weighted by molar-refractivity contribution is 7.12. The zero-order valence-electron chi connectivity index (χ0n) is 16.3. The number of nitro benzene ring substituents is 1. The molecular formula is C22H19N3O4S. The summed E-state index contributed by atoms with van der Waals surface area (Å²) >= 11 is 1.42.